The van der Waals surface area contributed by atoms with Gasteiger partial charge in [-0.3, -0.25) is 29.1 Å². The zero-order valence-electron chi connectivity index (χ0n) is 22.3. The molecule has 1 aliphatic carbocycles. The second-order valence-electron chi connectivity index (χ2n) is 11.1. The van der Waals surface area contributed by atoms with Crippen LogP contribution < -0.4 is 10.6 Å². The molecule has 6 heterocycles. The Labute approximate surface area is 230 Å². The van der Waals surface area contributed by atoms with Crippen LogP contribution in [0.4, 0.5) is 11.4 Å². The standard InChI is InChI=1S/C28H31N9O3/c1-17-24(5-21(7-29-17)33-27(38)14-35-10-18-2-3-22(35)4-18)34-28(39)23-8-32-37-13-25(30-9-26(23)37)20-6-31-36(12-20)11-19-15-40-16-19/h5-9,12-13,18-19,22H,2-4,10-11,14-16H2,1H3,(H,33,38)(H,34,39)/t18-,22+/m1/s1. The number of nitrogens with zero attached hydrogens (tertiary/aromatic N) is 7. The van der Waals surface area contributed by atoms with Gasteiger partial charge in [0.1, 0.15) is 0 Å². The molecule has 0 spiro atoms. The van der Waals surface area contributed by atoms with Crippen LogP contribution in [0.25, 0.3) is 16.8 Å². The Bertz CT molecular complexity index is 1590. The third kappa shape index (κ3) is 4.84. The van der Waals surface area contributed by atoms with Gasteiger partial charge in [-0.05, 0) is 38.2 Å². The number of amides is 2. The molecule has 2 aliphatic heterocycles. The molecule has 12 nitrogen and oxygen atoms in total. The van der Waals surface area contributed by atoms with E-state index in [2.05, 4.69) is 35.7 Å². The predicted molar refractivity (Wildman–Crippen MR) is 147 cm³/mol. The third-order valence-corrected chi connectivity index (χ3v) is 8.22. The van der Waals surface area contributed by atoms with Gasteiger partial charge in [-0.1, -0.05) is 0 Å². The van der Waals surface area contributed by atoms with E-state index in [4.69, 9.17) is 4.74 Å². The van der Waals surface area contributed by atoms with E-state index in [0.29, 0.717) is 52.3 Å². The maximum absolute atomic E-state index is 13.2. The summed E-state index contributed by atoms with van der Waals surface area (Å²) in [6.07, 6.45) is 14.0. The van der Waals surface area contributed by atoms with Crippen molar-refractivity contribution in [1.29, 1.82) is 0 Å². The van der Waals surface area contributed by atoms with E-state index in [1.165, 1.54) is 25.5 Å². The number of aryl methyl sites for hydroxylation is 1. The summed E-state index contributed by atoms with van der Waals surface area (Å²) in [5.41, 5.74) is 4.27. The van der Waals surface area contributed by atoms with E-state index in [1.54, 1.807) is 35.4 Å². The Morgan fingerprint density at radius 2 is 1.95 bits per heavy atom. The van der Waals surface area contributed by atoms with Crippen molar-refractivity contribution >= 4 is 28.7 Å². The first-order valence-corrected chi connectivity index (χ1v) is 13.7. The van der Waals surface area contributed by atoms with Crippen LogP contribution in [0.15, 0.2) is 43.2 Å². The second-order valence-corrected chi connectivity index (χ2v) is 11.1. The molecule has 12 heteroatoms. The molecule has 0 unspecified atom stereocenters. The van der Waals surface area contributed by atoms with Crippen LogP contribution in [-0.2, 0) is 16.1 Å². The number of hydrogen-bond donors (Lipinski definition) is 2. The van der Waals surface area contributed by atoms with Crippen molar-refractivity contribution in [3.05, 3.63) is 54.5 Å². The van der Waals surface area contributed by atoms with Gasteiger partial charge in [-0.15, -0.1) is 0 Å². The molecule has 2 bridgehead atoms. The van der Waals surface area contributed by atoms with Crippen molar-refractivity contribution in [2.75, 3.05) is 36.9 Å². The minimum atomic E-state index is -0.332. The van der Waals surface area contributed by atoms with Crippen molar-refractivity contribution in [2.24, 2.45) is 11.8 Å². The van der Waals surface area contributed by atoms with E-state index < -0.39 is 0 Å². The highest BCUT2D eigenvalue weighted by Gasteiger charge is 2.38. The molecule has 4 aromatic rings. The summed E-state index contributed by atoms with van der Waals surface area (Å²) in [6, 6.07) is 2.27. The highest BCUT2D eigenvalue weighted by molar-refractivity contribution is 6.09. The molecular formula is C28H31N9O3. The van der Waals surface area contributed by atoms with E-state index in [9.17, 15) is 9.59 Å². The summed E-state index contributed by atoms with van der Waals surface area (Å²) in [4.78, 5) is 37.1. The van der Waals surface area contributed by atoms with Crippen molar-refractivity contribution in [3.8, 4) is 11.3 Å². The van der Waals surface area contributed by atoms with Crippen LogP contribution in [0.2, 0.25) is 0 Å². The monoisotopic (exact) mass is 541 g/mol. The van der Waals surface area contributed by atoms with Crippen LogP contribution in [0.3, 0.4) is 0 Å². The number of carbonyl (C=O) groups excluding carboxylic acids is 2. The van der Waals surface area contributed by atoms with Crippen LogP contribution in [0, 0.1) is 18.8 Å². The Morgan fingerprint density at radius 1 is 1.05 bits per heavy atom. The molecule has 1 saturated carbocycles. The minimum Gasteiger partial charge on any atom is -0.381 e. The van der Waals surface area contributed by atoms with Gasteiger partial charge in [-0.25, -0.2) is 4.52 Å². The van der Waals surface area contributed by atoms with Crippen molar-refractivity contribution in [3.63, 3.8) is 0 Å². The average molecular weight is 542 g/mol. The number of pyridine rings is 1. The molecule has 7 rings (SSSR count). The molecule has 2 saturated heterocycles. The van der Waals surface area contributed by atoms with E-state index in [-0.39, 0.29) is 11.8 Å². The first kappa shape index (κ1) is 24.9. The molecule has 4 aromatic heterocycles. The maximum atomic E-state index is 13.2. The lowest BCUT2D eigenvalue weighted by atomic mass is 10.1. The summed E-state index contributed by atoms with van der Waals surface area (Å²) < 4.78 is 8.79. The van der Waals surface area contributed by atoms with Crippen molar-refractivity contribution in [2.45, 2.75) is 38.8 Å². The van der Waals surface area contributed by atoms with Crippen molar-refractivity contribution in [1.82, 2.24) is 34.3 Å². The third-order valence-electron chi connectivity index (χ3n) is 8.22. The number of carbonyl (C=O) groups is 2. The maximum Gasteiger partial charge on any atom is 0.259 e. The fourth-order valence-corrected chi connectivity index (χ4v) is 5.98. The smallest absolute Gasteiger partial charge is 0.259 e. The molecule has 2 amide bonds. The number of hydrogen-bond acceptors (Lipinski definition) is 8. The SMILES string of the molecule is Cc1ncc(NC(=O)CN2C[C@@H]3CC[C@H]2C3)cc1NC(=O)c1cnn2cc(-c3cnn(CC4COC4)c3)ncc12. The Hall–Kier alpha value is -4.16. The molecule has 3 aliphatic rings. The second kappa shape index (κ2) is 10.1. The number of fused-ring (bicyclic) bond motifs is 3. The van der Waals surface area contributed by atoms with E-state index in [0.717, 1.165) is 37.8 Å². The molecule has 0 aromatic carbocycles. The fourth-order valence-electron chi connectivity index (χ4n) is 5.98. The molecule has 2 N–H and O–H groups in total. The molecular weight excluding hydrogens is 510 g/mol. The zero-order valence-corrected chi connectivity index (χ0v) is 22.3. The fraction of sp³-hybridized carbons (Fsp3) is 0.429. The van der Waals surface area contributed by atoms with Crippen LogP contribution in [0.5, 0.6) is 0 Å². The lowest BCUT2D eigenvalue weighted by molar-refractivity contribution is -0.117. The van der Waals surface area contributed by atoms with Gasteiger partial charge < -0.3 is 15.4 Å². The number of ether oxygens (including phenoxy) is 1. The van der Waals surface area contributed by atoms with Crippen LogP contribution >= 0.6 is 0 Å². The summed E-state index contributed by atoms with van der Waals surface area (Å²) in [7, 11) is 0. The van der Waals surface area contributed by atoms with E-state index in [1.807, 2.05) is 17.8 Å². The van der Waals surface area contributed by atoms with Crippen molar-refractivity contribution < 1.29 is 14.3 Å². The molecule has 0 radical (unpaired) electrons. The van der Waals surface area contributed by atoms with Gasteiger partial charge >= 0.3 is 0 Å². The number of anilines is 2. The number of piperidine rings is 1. The van der Waals surface area contributed by atoms with Gasteiger partial charge in [0.25, 0.3) is 5.91 Å². The lowest BCUT2D eigenvalue weighted by Crippen LogP contribution is -2.38. The van der Waals surface area contributed by atoms with Gasteiger partial charge in [0, 0.05) is 36.8 Å². The minimum absolute atomic E-state index is 0.0671. The largest absolute Gasteiger partial charge is 0.381 e. The predicted octanol–water partition coefficient (Wildman–Crippen LogP) is 2.62. The molecule has 206 valence electrons. The number of rotatable bonds is 8. The van der Waals surface area contributed by atoms with Gasteiger partial charge in [0.2, 0.25) is 5.91 Å². The molecule has 40 heavy (non-hydrogen) atoms. The van der Waals surface area contributed by atoms with Crippen LogP contribution in [0.1, 0.15) is 35.3 Å². The van der Waals surface area contributed by atoms with Crippen LogP contribution in [-0.4, -0.2) is 78.4 Å². The highest BCUT2D eigenvalue weighted by Crippen LogP contribution is 2.37. The topological polar surface area (TPSA) is 132 Å². The Kier molecular flexibility index (Phi) is 6.28. The summed E-state index contributed by atoms with van der Waals surface area (Å²) >= 11 is 0. The summed E-state index contributed by atoms with van der Waals surface area (Å²) in [6.45, 7) is 5.54. The normalized spacial score (nSPS) is 20.6. The molecule has 2 atom stereocenters. The lowest BCUT2D eigenvalue weighted by Gasteiger charge is -2.25. The zero-order chi connectivity index (χ0) is 27.2. The first-order valence-electron chi connectivity index (χ1n) is 13.7. The quantitative estimate of drug-likeness (QED) is 0.348. The van der Waals surface area contributed by atoms with Gasteiger partial charge in [-0.2, -0.15) is 10.2 Å². The van der Waals surface area contributed by atoms with E-state index >= 15 is 0 Å². The Morgan fingerprint density at radius 3 is 2.73 bits per heavy atom. The number of nitrogens with one attached hydrogen (secondary N) is 2. The molecule has 3 fully saturated rings. The van der Waals surface area contributed by atoms with Gasteiger partial charge in [0.05, 0.1) is 84.6 Å². The summed E-state index contributed by atoms with van der Waals surface area (Å²) in [5.74, 6) is 0.833. The average Bonchev–Trinajstić information content (AvgIpc) is 3.72. The highest BCUT2D eigenvalue weighted by atomic mass is 16.5. The Balaban J connectivity index is 1.02. The number of aromatic nitrogens is 6. The summed E-state index contributed by atoms with van der Waals surface area (Å²) in [5, 5.41) is 14.7. The number of likely N-dealkylation sites (tertiary alicyclic amines) is 1. The van der Waals surface area contributed by atoms with Gasteiger partial charge in [0.15, 0.2) is 0 Å². The first-order chi connectivity index (χ1) is 19.5.